The Morgan fingerprint density at radius 3 is 2.55 bits per heavy atom. The van der Waals surface area contributed by atoms with Gasteiger partial charge in [0.2, 0.25) is 0 Å². The van der Waals surface area contributed by atoms with Gasteiger partial charge in [0.05, 0.1) is 40.3 Å². The van der Waals surface area contributed by atoms with Gasteiger partial charge in [0.25, 0.3) is 0 Å². The third-order valence-corrected chi connectivity index (χ3v) is 6.13. The average molecular weight is 428 g/mol. The van der Waals surface area contributed by atoms with Crippen LogP contribution in [0.15, 0.2) is 60.8 Å². The Morgan fingerprint density at radius 1 is 0.903 bits per heavy atom. The van der Waals surface area contributed by atoms with Crippen molar-refractivity contribution in [3.63, 3.8) is 0 Å². The molecule has 5 nitrogen and oxygen atoms in total. The Balaban J connectivity index is 1.55. The molecule has 0 saturated heterocycles. The van der Waals surface area contributed by atoms with Gasteiger partial charge in [0.15, 0.2) is 0 Å². The van der Waals surface area contributed by atoms with Crippen LogP contribution in [0, 0.1) is 13.8 Å². The molecule has 0 amide bonds. The number of rotatable bonds is 5. The zero-order valence-corrected chi connectivity index (χ0v) is 18.4. The number of hydrogen-bond donors (Lipinski definition) is 0. The van der Waals surface area contributed by atoms with Crippen molar-refractivity contribution < 1.29 is 9.47 Å². The molecule has 31 heavy (non-hydrogen) atoms. The molecule has 0 radical (unpaired) electrons. The molecule has 0 aliphatic rings. The van der Waals surface area contributed by atoms with Gasteiger partial charge < -0.3 is 9.47 Å². The highest BCUT2D eigenvalue weighted by molar-refractivity contribution is 7.21. The molecule has 0 unspecified atom stereocenters. The second-order valence-corrected chi connectivity index (χ2v) is 8.48. The highest BCUT2D eigenvalue weighted by Gasteiger charge is 2.15. The number of hydrogen-bond acceptors (Lipinski definition) is 6. The van der Waals surface area contributed by atoms with Gasteiger partial charge in [-0.3, -0.25) is 4.98 Å². The molecule has 0 atom stereocenters. The lowest BCUT2D eigenvalue weighted by atomic mass is 10.1. The minimum Gasteiger partial charge on any atom is -0.497 e. The highest BCUT2D eigenvalue weighted by Crippen LogP contribution is 2.37. The Labute approximate surface area is 184 Å². The average Bonchev–Trinajstić information content (AvgIpc) is 3.22. The van der Waals surface area contributed by atoms with Gasteiger partial charge in [-0.05, 0) is 61.4 Å². The quantitative estimate of drug-likeness (QED) is 0.339. The number of para-hydroxylation sites is 1. The number of thiazole rings is 1. The minimum absolute atomic E-state index is 0.371. The van der Waals surface area contributed by atoms with Crippen molar-refractivity contribution >= 4 is 32.6 Å². The van der Waals surface area contributed by atoms with Gasteiger partial charge in [-0.1, -0.05) is 18.2 Å². The lowest BCUT2D eigenvalue weighted by Crippen LogP contribution is -2.00. The zero-order valence-electron chi connectivity index (χ0n) is 17.5. The summed E-state index contributed by atoms with van der Waals surface area (Å²) in [5.74, 6) is 1.66. The topological polar surface area (TPSA) is 57.1 Å². The fourth-order valence-electron chi connectivity index (χ4n) is 3.61. The van der Waals surface area contributed by atoms with E-state index in [-0.39, 0.29) is 0 Å². The van der Waals surface area contributed by atoms with Crippen LogP contribution in [0.1, 0.15) is 16.8 Å². The van der Waals surface area contributed by atoms with Crippen LogP contribution in [0.3, 0.4) is 0 Å². The largest absolute Gasteiger partial charge is 0.497 e. The van der Waals surface area contributed by atoms with Crippen molar-refractivity contribution in [2.45, 2.75) is 20.5 Å². The van der Waals surface area contributed by atoms with E-state index in [4.69, 9.17) is 24.4 Å². The molecule has 0 aliphatic carbocycles. The van der Waals surface area contributed by atoms with E-state index in [2.05, 4.69) is 26.0 Å². The zero-order chi connectivity index (χ0) is 21.4. The van der Waals surface area contributed by atoms with Crippen molar-refractivity contribution in [2.24, 2.45) is 0 Å². The summed E-state index contributed by atoms with van der Waals surface area (Å²) in [6.07, 6.45) is 1.78. The number of aromatic nitrogens is 3. The molecule has 0 fully saturated rings. The number of benzene rings is 3. The van der Waals surface area contributed by atoms with Gasteiger partial charge in [0, 0.05) is 5.56 Å². The van der Waals surface area contributed by atoms with Crippen LogP contribution in [0.5, 0.6) is 11.5 Å². The van der Waals surface area contributed by atoms with E-state index >= 15 is 0 Å². The second kappa shape index (κ2) is 7.96. The minimum atomic E-state index is 0.371. The number of nitrogens with zero attached hydrogens (tertiary/aromatic N) is 3. The molecular formula is C25H21N3O2S. The number of fused-ring (bicyclic) bond motifs is 2. The van der Waals surface area contributed by atoms with Crippen molar-refractivity contribution in [3.8, 4) is 22.1 Å². The number of ether oxygens (including phenoxy) is 2. The molecule has 2 aromatic heterocycles. The predicted octanol–water partition coefficient (Wildman–Crippen LogP) is 6.11. The highest BCUT2D eigenvalue weighted by atomic mass is 32.1. The lowest BCUT2D eigenvalue weighted by molar-refractivity contribution is 0.301. The molecular weight excluding hydrogens is 406 g/mol. The van der Waals surface area contributed by atoms with E-state index in [1.165, 1.54) is 0 Å². The lowest BCUT2D eigenvalue weighted by Gasteiger charge is -2.08. The van der Waals surface area contributed by atoms with Crippen LogP contribution in [0.4, 0.5) is 0 Å². The van der Waals surface area contributed by atoms with Crippen LogP contribution < -0.4 is 9.47 Å². The van der Waals surface area contributed by atoms with Crippen LogP contribution >= 0.6 is 11.3 Å². The monoisotopic (exact) mass is 427 g/mol. The third-order valence-electron chi connectivity index (χ3n) is 5.10. The molecule has 3 aromatic carbocycles. The van der Waals surface area contributed by atoms with E-state index in [1.807, 2.05) is 42.5 Å². The summed E-state index contributed by atoms with van der Waals surface area (Å²) in [5.41, 5.74) is 6.69. The summed E-state index contributed by atoms with van der Waals surface area (Å²) in [7, 11) is 1.69. The summed E-state index contributed by atoms with van der Waals surface area (Å²) in [6, 6.07) is 18.0. The molecule has 0 spiro atoms. The molecule has 5 aromatic rings. The molecule has 2 heterocycles. The maximum Gasteiger partial charge on any atom is 0.132 e. The molecule has 5 rings (SSSR count). The van der Waals surface area contributed by atoms with Gasteiger partial charge in [-0.2, -0.15) is 0 Å². The molecule has 0 N–H and O–H groups in total. The molecule has 0 bridgehead atoms. The smallest absolute Gasteiger partial charge is 0.132 e. The Kier molecular flexibility index (Phi) is 5.00. The van der Waals surface area contributed by atoms with E-state index < -0.39 is 0 Å². The maximum absolute atomic E-state index is 5.84. The normalized spacial score (nSPS) is 11.2. The standard InChI is InChI=1S/C25H21N3O2S/c1-15-9-20(25-28-23-16(2)11-19(29-3)12-22(23)31-25)24-21(10-15)27-17(13-26-24)14-30-18-7-5-4-6-8-18/h4-13H,14H2,1-3H3. The summed E-state index contributed by atoms with van der Waals surface area (Å²) >= 11 is 1.65. The predicted molar refractivity (Wildman–Crippen MR) is 125 cm³/mol. The van der Waals surface area contributed by atoms with Crippen LogP contribution in [-0.4, -0.2) is 22.1 Å². The first kappa shape index (κ1) is 19.5. The van der Waals surface area contributed by atoms with Gasteiger partial charge >= 0.3 is 0 Å². The van der Waals surface area contributed by atoms with Crippen LogP contribution in [0.2, 0.25) is 0 Å². The molecule has 0 aliphatic heterocycles. The summed E-state index contributed by atoms with van der Waals surface area (Å²) in [4.78, 5) is 14.5. The van der Waals surface area contributed by atoms with Gasteiger partial charge in [0.1, 0.15) is 23.1 Å². The first-order valence-corrected chi connectivity index (χ1v) is 10.8. The Morgan fingerprint density at radius 2 is 1.74 bits per heavy atom. The summed E-state index contributed by atoms with van der Waals surface area (Å²) in [6.45, 7) is 4.50. The fraction of sp³-hybridized carbons (Fsp3) is 0.160. The third kappa shape index (κ3) is 3.82. The molecule has 154 valence electrons. The summed E-state index contributed by atoms with van der Waals surface area (Å²) in [5, 5.41) is 0.933. The van der Waals surface area contributed by atoms with E-state index in [0.717, 1.165) is 60.1 Å². The van der Waals surface area contributed by atoms with Crippen molar-refractivity contribution in [3.05, 3.63) is 77.6 Å². The Bertz CT molecular complexity index is 1400. The van der Waals surface area contributed by atoms with Gasteiger partial charge in [-0.15, -0.1) is 11.3 Å². The van der Waals surface area contributed by atoms with E-state index in [0.29, 0.717) is 6.61 Å². The maximum atomic E-state index is 5.84. The van der Waals surface area contributed by atoms with Crippen molar-refractivity contribution in [1.29, 1.82) is 0 Å². The summed E-state index contributed by atoms with van der Waals surface area (Å²) < 4.78 is 12.4. The number of aryl methyl sites for hydroxylation is 2. The van der Waals surface area contributed by atoms with Gasteiger partial charge in [-0.25, -0.2) is 9.97 Å². The second-order valence-electron chi connectivity index (χ2n) is 7.45. The van der Waals surface area contributed by atoms with Crippen LogP contribution in [0.25, 0.3) is 31.8 Å². The first-order valence-electron chi connectivity index (χ1n) is 10.0. The first-order chi connectivity index (χ1) is 15.1. The van der Waals surface area contributed by atoms with Crippen LogP contribution in [-0.2, 0) is 6.61 Å². The van der Waals surface area contributed by atoms with E-state index in [1.54, 1.807) is 24.6 Å². The SMILES string of the molecule is COc1cc(C)c2nc(-c3cc(C)cc4nc(COc5ccccc5)cnc34)sc2c1. The number of methoxy groups -OCH3 is 1. The molecule has 6 heteroatoms. The Hall–Kier alpha value is -3.51. The molecule has 0 saturated carbocycles. The van der Waals surface area contributed by atoms with E-state index in [9.17, 15) is 0 Å². The van der Waals surface area contributed by atoms with Crippen molar-refractivity contribution in [2.75, 3.05) is 7.11 Å². The fourth-order valence-corrected chi connectivity index (χ4v) is 4.70. The van der Waals surface area contributed by atoms with Crippen molar-refractivity contribution in [1.82, 2.24) is 15.0 Å².